The lowest BCUT2D eigenvalue weighted by atomic mass is 10.1. The second kappa shape index (κ2) is 4.52. The summed E-state index contributed by atoms with van der Waals surface area (Å²) in [5, 5.41) is 21.5. The molecule has 0 saturated carbocycles. The first-order valence-corrected chi connectivity index (χ1v) is 4.05. The molecule has 0 aliphatic rings. The maximum Gasteiger partial charge on any atom is 0.115 e. The van der Waals surface area contributed by atoms with Crippen molar-refractivity contribution in [1.29, 1.82) is 0 Å². The Morgan fingerprint density at radius 1 is 1.54 bits per heavy atom. The van der Waals surface area contributed by atoms with Gasteiger partial charge in [0.1, 0.15) is 5.75 Å². The maximum atomic E-state index is 9.55. The van der Waals surface area contributed by atoms with Crippen LogP contribution >= 0.6 is 0 Å². The summed E-state index contributed by atoms with van der Waals surface area (Å²) >= 11 is 0. The predicted octanol–water partition coefficient (Wildman–Crippen LogP) is 1.16. The molecule has 13 heavy (non-hydrogen) atoms. The van der Waals surface area contributed by atoms with Crippen LogP contribution in [0.3, 0.4) is 0 Å². The zero-order valence-electron chi connectivity index (χ0n) is 7.27. The molecule has 0 spiro atoms. The summed E-state index contributed by atoms with van der Waals surface area (Å²) in [5.41, 5.74) is 0.689. The summed E-state index contributed by atoms with van der Waals surface area (Å²) in [6.45, 7) is 3.87. The molecule has 0 saturated heterocycles. The molecule has 3 N–H and O–H groups in total. The van der Waals surface area contributed by atoms with Crippen molar-refractivity contribution >= 4 is 0 Å². The third-order valence-electron chi connectivity index (χ3n) is 1.71. The van der Waals surface area contributed by atoms with Crippen LogP contribution in [0.1, 0.15) is 11.7 Å². The molecule has 0 aliphatic carbocycles. The zero-order valence-corrected chi connectivity index (χ0v) is 7.27. The number of rotatable bonds is 4. The van der Waals surface area contributed by atoms with Crippen LogP contribution in [0.25, 0.3) is 0 Å². The van der Waals surface area contributed by atoms with E-state index in [1.807, 2.05) is 0 Å². The molecule has 1 aromatic rings. The predicted molar refractivity (Wildman–Crippen MR) is 51.3 cm³/mol. The van der Waals surface area contributed by atoms with E-state index in [4.69, 9.17) is 5.11 Å². The van der Waals surface area contributed by atoms with Gasteiger partial charge in [0.05, 0.1) is 6.10 Å². The number of hydrogen-bond acceptors (Lipinski definition) is 3. The van der Waals surface area contributed by atoms with Crippen molar-refractivity contribution in [3.63, 3.8) is 0 Å². The fraction of sp³-hybridized carbons (Fsp3) is 0.200. The molecule has 0 aliphatic heterocycles. The molecule has 1 rings (SSSR count). The lowest BCUT2D eigenvalue weighted by Gasteiger charge is -2.10. The standard InChI is InChI=1S/C10H13NO2/c1-2-11-7-10(13)8-4-3-5-9(12)6-8/h2-6,10-13H,1,7H2/t10-/m0/s1. The highest BCUT2D eigenvalue weighted by molar-refractivity contribution is 5.28. The zero-order chi connectivity index (χ0) is 9.68. The molecule has 0 unspecified atom stereocenters. The first-order chi connectivity index (χ1) is 6.24. The van der Waals surface area contributed by atoms with Gasteiger partial charge >= 0.3 is 0 Å². The SMILES string of the molecule is C=CNC[C@H](O)c1cccc(O)c1. The molecule has 1 aromatic carbocycles. The second-order valence-corrected chi connectivity index (χ2v) is 2.72. The van der Waals surface area contributed by atoms with E-state index in [1.165, 1.54) is 12.3 Å². The Bertz CT molecular complexity index is 286. The smallest absolute Gasteiger partial charge is 0.115 e. The van der Waals surface area contributed by atoms with Gasteiger partial charge in [0.15, 0.2) is 0 Å². The van der Waals surface area contributed by atoms with E-state index in [-0.39, 0.29) is 5.75 Å². The van der Waals surface area contributed by atoms with E-state index < -0.39 is 6.10 Å². The Morgan fingerprint density at radius 2 is 2.31 bits per heavy atom. The van der Waals surface area contributed by atoms with Gasteiger partial charge in [0.2, 0.25) is 0 Å². The molecule has 0 radical (unpaired) electrons. The number of aromatic hydroxyl groups is 1. The molecule has 0 amide bonds. The number of aliphatic hydroxyl groups excluding tert-OH is 1. The fourth-order valence-electron chi connectivity index (χ4n) is 1.04. The van der Waals surface area contributed by atoms with Gasteiger partial charge in [-0.3, -0.25) is 0 Å². The fourth-order valence-corrected chi connectivity index (χ4v) is 1.04. The number of benzene rings is 1. The van der Waals surface area contributed by atoms with Crippen molar-refractivity contribution in [1.82, 2.24) is 5.32 Å². The summed E-state index contributed by atoms with van der Waals surface area (Å²) in [7, 11) is 0. The summed E-state index contributed by atoms with van der Waals surface area (Å²) < 4.78 is 0. The van der Waals surface area contributed by atoms with Gasteiger partial charge in [-0.2, -0.15) is 0 Å². The van der Waals surface area contributed by atoms with Gasteiger partial charge in [-0.25, -0.2) is 0 Å². The minimum atomic E-state index is -0.620. The van der Waals surface area contributed by atoms with E-state index in [2.05, 4.69) is 11.9 Å². The van der Waals surface area contributed by atoms with E-state index in [9.17, 15) is 5.11 Å². The number of aliphatic hydroxyl groups is 1. The lowest BCUT2D eigenvalue weighted by Crippen LogP contribution is -2.15. The quantitative estimate of drug-likeness (QED) is 0.650. The van der Waals surface area contributed by atoms with Crippen LogP contribution < -0.4 is 5.32 Å². The van der Waals surface area contributed by atoms with Crippen molar-refractivity contribution in [2.45, 2.75) is 6.10 Å². The molecule has 70 valence electrons. The Hall–Kier alpha value is -1.48. The summed E-state index contributed by atoms with van der Waals surface area (Å²) in [6.07, 6.45) is 0.900. The van der Waals surface area contributed by atoms with E-state index in [0.29, 0.717) is 12.1 Å². The van der Waals surface area contributed by atoms with Gasteiger partial charge < -0.3 is 15.5 Å². The monoisotopic (exact) mass is 179 g/mol. The second-order valence-electron chi connectivity index (χ2n) is 2.72. The molecule has 0 aromatic heterocycles. The highest BCUT2D eigenvalue weighted by Crippen LogP contribution is 2.17. The van der Waals surface area contributed by atoms with Crippen LogP contribution in [-0.4, -0.2) is 16.8 Å². The van der Waals surface area contributed by atoms with Crippen LogP contribution in [0.15, 0.2) is 37.0 Å². The number of phenolic OH excluding ortho intramolecular Hbond substituents is 1. The van der Waals surface area contributed by atoms with Crippen molar-refractivity contribution in [3.05, 3.63) is 42.6 Å². The van der Waals surface area contributed by atoms with Crippen LogP contribution in [0.4, 0.5) is 0 Å². The van der Waals surface area contributed by atoms with Crippen LogP contribution in [0.5, 0.6) is 5.75 Å². The van der Waals surface area contributed by atoms with E-state index in [0.717, 1.165) is 0 Å². The number of phenols is 1. The first-order valence-electron chi connectivity index (χ1n) is 4.05. The molecule has 3 nitrogen and oxygen atoms in total. The average molecular weight is 179 g/mol. The highest BCUT2D eigenvalue weighted by atomic mass is 16.3. The van der Waals surface area contributed by atoms with Gasteiger partial charge in [-0.1, -0.05) is 18.7 Å². The topological polar surface area (TPSA) is 52.5 Å². The van der Waals surface area contributed by atoms with E-state index in [1.54, 1.807) is 18.2 Å². The Morgan fingerprint density at radius 3 is 2.92 bits per heavy atom. The summed E-state index contributed by atoms with van der Waals surface area (Å²) in [5.74, 6) is 0.162. The Balaban J connectivity index is 2.65. The van der Waals surface area contributed by atoms with Crippen molar-refractivity contribution in [2.24, 2.45) is 0 Å². The normalized spacial score (nSPS) is 12.1. The van der Waals surface area contributed by atoms with Crippen molar-refractivity contribution < 1.29 is 10.2 Å². The molecular weight excluding hydrogens is 166 g/mol. The highest BCUT2D eigenvalue weighted by Gasteiger charge is 2.05. The van der Waals surface area contributed by atoms with Gasteiger partial charge in [-0.15, -0.1) is 0 Å². The molecule has 1 atom stereocenters. The third-order valence-corrected chi connectivity index (χ3v) is 1.71. The minimum absolute atomic E-state index is 0.162. The number of hydrogen-bond donors (Lipinski definition) is 3. The van der Waals surface area contributed by atoms with Crippen molar-refractivity contribution in [3.8, 4) is 5.75 Å². The first kappa shape index (κ1) is 9.61. The Labute approximate surface area is 77.3 Å². The van der Waals surface area contributed by atoms with Crippen LogP contribution in [0.2, 0.25) is 0 Å². The third kappa shape index (κ3) is 2.80. The largest absolute Gasteiger partial charge is 0.508 e. The lowest BCUT2D eigenvalue weighted by molar-refractivity contribution is 0.179. The minimum Gasteiger partial charge on any atom is -0.508 e. The van der Waals surface area contributed by atoms with Crippen molar-refractivity contribution in [2.75, 3.05) is 6.54 Å². The average Bonchev–Trinajstić information content (AvgIpc) is 2.14. The van der Waals surface area contributed by atoms with Crippen LogP contribution in [0, 0.1) is 0 Å². The molecule has 0 heterocycles. The Kier molecular flexibility index (Phi) is 3.34. The summed E-state index contributed by atoms with van der Waals surface area (Å²) in [4.78, 5) is 0. The molecular formula is C10H13NO2. The maximum absolute atomic E-state index is 9.55. The number of nitrogens with one attached hydrogen (secondary N) is 1. The molecule has 0 bridgehead atoms. The van der Waals surface area contributed by atoms with Gasteiger partial charge in [0.25, 0.3) is 0 Å². The molecule has 3 heteroatoms. The van der Waals surface area contributed by atoms with E-state index >= 15 is 0 Å². The summed E-state index contributed by atoms with van der Waals surface area (Å²) in [6, 6.07) is 6.56. The molecule has 0 fully saturated rings. The van der Waals surface area contributed by atoms with Crippen LogP contribution in [-0.2, 0) is 0 Å². The van der Waals surface area contributed by atoms with Gasteiger partial charge in [-0.05, 0) is 23.9 Å². The van der Waals surface area contributed by atoms with Gasteiger partial charge in [0, 0.05) is 6.54 Å².